The Balaban J connectivity index is 0.000000921. The van der Waals surface area contributed by atoms with Gasteiger partial charge in [-0.15, -0.1) is 0 Å². The van der Waals surface area contributed by atoms with Gasteiger partial charge in [-0.2, -0.15) is 0 Å². The quantitative estimate of drug-likeness (QED) is 0.700. The van der Waals surface area contributed by atoms with E-state index in [1.807, 2.05) is 6.79 Å². The van der Waals surface area contributed by atoms with Crippen molar-refractivity contribution >= 4 is 12.8 Å². The maximum atomic E-state index is 11.3. The molecule has 4 nitrogen and oxygen atoms in total. The number of methoxy groups -OCH3 is 1. The summed E-state index contributed by atoms with van der Waals surface area (Å²) in [5.41, 5.74) is 0. The van der Waals surface area contributed by atoms with E-state index >= 15 is 0 Å². The molecule has 0 heterocycles. The molecule has 0 radical (unpaired) electrons. The number of esters is 1. The number of ether oxygens (including phenoxy) is 1. The van der Waals surface area contributed by atoms with Gasteiger partial charge in [0, 0.05) is 6.61 Å². The highest BCUT2D eigenvalue weighted by atomic mass is 16.5. The standard InChI is InChI=1S/C10H18O3.CH2O/c1-7-3-4-8(6-11)5-9(7)10(12)13-2;1-2/h7-9,11H,3-6H2,1-2H3;1H2/t7-,8?,9?;/m0./s1. The first-order valence-electron chi connectivity index (χ1n) is 5.16. The Bertz CT molecular complexity index is 193. The van der Waals surface area contributed by atoms with Crippen LogP contribution >= 0.6 is 0 Å². The lowest BCUT2D eigenvalue weighted by Gasteiger charge is -2.31. The lowest BCUT2D eigenvalue weighted by Crippen LogP contribution is -2.31. The van der Waals surface area contributed by atoms with Crippen molar-refractivity contribution in [2.24, 2.45) is 17.8 Å². The summed E-state index contributed by atoms with van der Waals surface area (Å²) in [7, 11) is 1.43. The van der Waals surface area contributed by atoms with Crippen molar-refractivity contribution in [2.75, 3.05) is 13.7 Å². The van der Waals surface area contributed by atoms with E-state index in [4.69, 9.17) is 14.6 Å². The van der Waals surface area contributed by atoms with Crippen molar-refractivity contribution in [2.45, 2.75) is 26.2 Å². The molecule has 0 saturated heterocycles. The van der Waals surface area contributed by atoms with Gasteiger partial charge in [-0.25, -0.2) is 0 Å². The first-order chi connectivity index (χ1) is 7.19. The fourth-order valence-corrected chi connectivity index (χ4v) is 2.05. The first kappa shape index (κ1) is 14.1. The molecule has 4 heteroatoms. The Morgan fingerprint density at radius 2 is 2.07 bits per heavy atom. The number of aliphatic hydroxyl groups is 1. The fraction of sp³-hybridized carbons (Fsp3) is 0.818. The Hall–Kier alpha value is -0.900. The number of hydrogen-bond donors (Lipinski definition) is 1. The Morgan fingerprint density at radius 3 is 2.53 bits per heavy atom. The molecule has 1 N–H and O–H groups in total. The molecule has 1 fully saturated rings. The minimum atomic E-state index is -0.120. The van der Waals surface area contributed by atoms with Gasteiger partial charge in [-0.1, -0.05) is 6.92 Å². The van der Waals surface area contributed by atoms with Gasteiger partial charge in [0.2, 0.25) is 0 Å². The molecule has 0 aromatic rings. The van der Waals surface area contributed by atoms with Crippen LogP contribution in [0.4, 0.5) is 0 Å². The van der Waals surface area contributed by atoms with Crippen LogP contribution in [0, 0.1) is 17.8 Å². The van der Waals surface area contributed by atoms with Gasteiger partial charge in [0.1, 0.15) is 6.79 Å². The van der Waals surface area contributed by atoms with E-state index in [1.54, 1.807) is 0 Å². The SMILES string of the molecule is C=O.COC(=O)C1CC(CO)CC[C@@H]1C. The molecular weight excluding hydrogens is 196 g/mol. The molecule has 0 aliphatic heterocycles. The zero-order valence-corrected chi connectivity index (χ0v) is 9.44. The van der Waals surface area contributed by atoms with Gasteiger partial charge < -0.3 is 14.6 Å². The monoisotopic (exact) mass is 216 g/mol. The molecule has 0 aromatic carbocycles. The maximum Gasteiger partial charge on any atom is 0.308 e. The molecule has 0 spiro atoms. The van der Waals surface area contributed by atoms with Crippen molar-refractivity contribution in [3.63, 3.8) is 0 Å². The first-order valence-corrected chi connectivity index (χ1v) is 5.16. The molecule has 1 rings (SSSR count). The van der Waals surface area contributed by atoms with Crippen molar-refractivity contribution in [1.82, 2.24) is 0 Å². The third-order valence-electron chi connectivity index (χ3n) is 3.07. The second-order valence-electron chi connectivity index (χ2n) is 3.97. The van der Waals surface area contributed by atoms with Gasteiger partial charge in [-0.05, 0) is 31.1 Å². The summed E-state index contributed by atoms with van der Waals surface area (Å²) in [6.45, 7) is 4.27. The molecule has 2 unspecified atom stereocenters. The fourth-order valence-electron chi connectivity index (χ4n) is 2.05. The van der Waals surface area contributed by atoms with E-state index in [2.05, 4.69) is 6.92 Å². The summed E-state index contributed by atoms with van der Waals surface area (Å²) in [5, 5.41) is 9.00. The number of rotatable bonds is 2. The van der Waals surface area contributed by atoms with Gasteiger partial charge in [-0.3, -0.25) is 4.79 Å². The zero-order valence-electron chi connectivity index (χ0n) is 9.44. The second-order valence-corrected chi connectivity index (χ2v) is 3.97. The van der Waals surface area contributed by atoms with Crippen LogP contribution in [-0.2, 0) is 14.3 Å². The van der Waals surface area contributed by atoms with Crippen molar-refractivity contribution in [3.8, 4) is 0 Å². The summed E-state index contributed by atoms with van der Waals surface area (Å²) in [6, 6.07) is 0. The van der Waals surface area contributed by atoms with Crippen LogP contribution in [-0.4, -0.2) is 31.6 Å². The molecule has 1 saturated carbocycles. The lowest BCUT2D eigenvalue weighted by molar-refractivity contribution is -0.149. The van der Waals surface area contributed by atoms with Crippen LogP contribution in [0.2, 0.25) is 0 Å². The normalized spacial score (nSPS) is 29.9. The minimum Gasteiger partial charge on any atom is -0.469 e. The van der Waals surface area contributed by atoms with Crippen LogP contribution in [0.5, 0.6) is 0 Å². The Labute approximate surface area is 90.6 Å². The molecular formula is C11H20O4. The van der Waals surface area contributed by atoms with E-state index in [-0.39, 0.29) is 18.5 Å². The Kier molecular flexibility index (Phi) is 6.96. The number of aliphatic hydroxyl groups excluding tert-OH is 1. The van der Waals surface area contributed by atoms with Crippen molar-refractivity contribution < 1.29 is 19.4 Å². The summed E-state index contributed by atoms with van der Waals surface area (Å²) < 4.78 is 4.73. The zero-order chi connectivity index (χ0) is 11.8. The summed E-state index contributed by atoms with van der Waals surface area (Å²) >= 11 is 0. The van der Waals surface area contributed by atoms with Crippen molar-refractivity contribution in [1.29, 1.82) is 0 Å². The molecule has 0 bridgehead atoms. The minimum absolute atomic E-state index is 0.00380. The average Bonchev–Trinajstić information content (AvgIpc) is 2.31. The molecule has 15 heavy (non-hydrogen) atoms. The van der Waals surface area contributed by atoms with E-state index in [9.17, 15) is 4.79 Å². The average molecular weight is 216 g/mol. The van der Waals surface area contributed by atoms with Gasteiger partial charge in [0.15, 0.2) is 0 Å². The van der Waals surface area contributed by atoms with E-state index in [1.165, 1.54) is 7.11 Å². The van der Waals surface area contributed by atoms with Crippen LogP contribution in [0.25, 0.3) is 0 Å². The summed E-state index contributed by atoms with van der Waals surface area (Å²) in [4.78, 5) is 19.3. The predicted octanol–water partition coefficient (Wildman–Crippen LogP) is 1.02. The third-order valence-corrected chi connectivity index (χ3v) is 3.07. The lowest BCUT2D eigenvalue weighted by atomic mass is 9.75. The van der Waals surface area contributed by atoms with E-state index in [0.29, 0.717) is 11.8 Å². The molecule has 1 aliphatic carbocycles. The molecule has 88 valence electrons. The third kappa shape index (κ3) is 4.00. The Morgan fingerprint density at radius 1 is 1.47 bits per heavy atom. The van der Waals surface area contributed by atoms with E-state index in [0.717, 1.165) is 19.3 Å². The smallest absolute Gasteiger partial charge is 0.308 e. The van der Waals surface area contributed by atoms with Crippen LogP contribution in [0.3, 0.4) is 0 Å². The van der Waals surface area contributed by atoms with Gasteiger partial charge in [0.05, 0.1) is 13.0 Å². The highest BCUT2D eigenvalue weighted by molar-refractivity contribution is 5.72. The largest absolute Gasteiger partial charge is 0.469 e. The highest BCUT2D eigenvalue weighted by Gasteiger charge is 2.32. The van der Waals surface area contributed by atoms with Crippen LogP contribution in [0.15, 0.2) is 0 Å². The molecule has 1 aliphatic rings. The van der Waals surface area contributed by atoms with Gasteiger partial charge in [0.25, 0.3) is 0 Å². The highest BCUT2D eigenvalue weighted by Crippen LogP contribution is 2.33. The van der Waals surface area contributed by atoms with Crippen LogP contribution < -0.4 is 0 Å². The number of carbonyl (C=O) groups excluding carboxylic acids is 2. The van der Waals surface area contributed by atoms with E-state index < -0.39 is 0 Å². The summed E-state index contributed by atoms with van der Waals surface area (Å²) in [6.07, 6.45) is 2.83. The second kappa shape index (κ2) is 7.40. The topological polar surface area (TPSA) is 63.6 Å². The molecule has 3 atom stereocenters. The summed E-state index contributed by atoms with van der Waals surface area (Å²) in [5.74, 6) is 0.567. The number of hydrogen-bond acceptors (Lipinski definition) is 4. The molecule has 0 aromatic heterocycles. The maximum absolute atomic E-state index is 11.3. The van der Waals surface area contributed by atoms with Crippen LogP contribution in [0.1, 0.15) is 26.2 Å². The number of carbonyl (C=O) groups is 2. The predicted molar refractivity (Wildman–Crippen MR) is 56.2 cm³/mol. The van der Waals surface area contributed by atoms with Gasteiger partial charge >= 0.3 is 5.97 Å². The van der Waals surface area contributed by atoms with Crippen molar-refractivity contribution in [3.05, 3.63) is 0 Å². The molecule has 0 amide bonds.